The molecule has 0 unspecified atom stereocenters. The molecule has 6 nitrogen and oxygen atoms in total. The van der Waals surface area contributed by atoms with E-state index < -0.39 is 17.2 Å². The van der Waals surface area contributed by atoms with Crippen molar-refractivity contribution >= 4 is 28.8 Å². The van der Waals surface area contributed by atoms with Crippen molar-refractivity contribution in [3.05, 3.63) is 18.0 Å². The van der Waals surface area contributed by atoms with Crippen LogP contribution in [0.1, 0.15) is 24.3 Å². The van der Waals surface area contributed by atoms with Crippen molar-refractivity contribution in [2.75, 3.05) is 0 Å². The Morgan fingerprint density at radius 2 is 1.65 bits per heavy atom. The van der Waals surface area contributed by atoms with Gasteiger partial charge in [0.2, 0.25) is 0 Å². The van der Waals surface area contributed by atoms with Gasteiger partial charge < -0.3 is 9.47 Å². The molecule has 0 aliphatic rings. The first-order valence-electron chi connectivity index (χ1n) is 4.47. The van der Waals surface area contributed by atoms with Crippen LogP contribution >= 0.6 is 11.6 Å². The number of aromatic nitrogens is 1. The highest BCUT2D eigenvalue weighted by atomic mass is 35.5. The molecule has 0 saturated carbocycles. The van der Waals surface area contributed by atoms with Crippen LogP contribution in [0, 0.1) is 0 Å². The van der Waals surface area contributed by atoms with Gasteiger partial charge in [-0.3, -0.25) is 14.4 Å². The van der Waals surface area contributed by atoms with Gasteiger partial charge in [-0.15, -0.1) is 0 Å². The minimum absolute atomic E-state index is 0.0608. The zero-order valence-electron chi connectivity index (χ0n) is 9.02. The van der Waals surface area contributed by atoms with Crippen LogP contribution in [0.2, 0.25) is 0 Å². The Balaban J connectivity index is 3.15. The highest BCUT2D eigenvalue weighted by Gasteiger charge is 2.14. The third kappa shape index (κ3) is 3.84. The molecule has 0 radical (unpaired) electrons. The number of nitrogens with zero attached hydrogens (tertiary/aromatic N) is 1. The number of rotatable bonds is 3. The molecular weight excluding hydrogens is 250 g/mol. The fourth-order valence-electron chi connectivity index (χ4n) is 0.998. The molecule has 0 aromatic carbocycles. The Morgan fingerprint density at radius 1 is 1.12 bits per heavy atom. The van der Waals surface area contributed by atoms with E-state index in [1.165, 1.54) is 13.8 Å². The Kier molecular flexibility index (Phi) is 4.17. The summed E-state index contributed by atoms with van der Waals surface area (Å²) in [5, 5.41) is -0.812. The highest BCUT2D eigenvalue weighted by Crippen LogP contribution is 2.27. The standard InChI is InChI=1S/C10H8ClNO5/c1-5(13)16-8-3-7(10(11)15)12-4-9(8)17-6(2)14/h3-4H,1-2H3. The fourth-order valence-corrected chi connectivity index (χ4v) is 1.10. The lowest BCUT2D eigenvalue weighted by Gasteiger charge is -2.08. The summed E-state index contributed by atoms with van der Waals surface area (Å²) >= 11 is 5.22. The minimum atomic E-state index is -0.812. The van der Waals surface area contributed by atoms with Crippen LogP contribution in [-0.4, -0.2) is 22.2 Å². The van der Waals surface area contributed by atoms with E-state index in [2.05, 4.69) is 4.98 Å². The smallest absolute Gasteiger partial charge is 0.308 e. The maximum Gasteiger partial charge on any atom is 0.308 e. The average molecular weight is 258 g/mol. The van der Waals surface area contributed by atoms with Crippen LogP contribution < -0.4 is 9.47 Å². The van der Waals surface area contributed by atoms with Gasteiger partial charge in [-0.1, -0.05) is 0 Å². The molecule has 0 spiro atoms. The van der Waals surface area contributed by atoms with Gasteiger partial charge in [0.15, 0.2) is 11.5 Å². The van der Waals surface area contributed by atoms with Gasteiger partial charge in [0.25, 0.3) is 5.24 Å². The Hall–Kier alpha value is -1.95. The highest BCUT2D eigenvalue weighted by molar-refractivity contribution is 6.67. The van der Waals surface area contributed by atoms with Crippen LogP contribution in [0.4, 0.5) is 0 Å². The number of halogens is 1. The predicted molar refractivity (Wildman–Crippen MR) is 57.0 cm³/mol. The zero-order valence-corrected chi connectivity index (χ0v) is 9.78. The van der Waals surface area contributed by atoms with E-state index in [-0.39, 0.29) is 17.2 Å². The molecule has 1 heterocycles. The minimum Gasteiger partial charge on any atom is -0.423 e. The van der Waals surface area contributed by atoms with Crippen molar-refractivity contribution in [3.63, 3.8) is 0 Å². The maximum atomic E-state index is 10.9. The zero-order chi connectivity index (χ0) is 13.0. The van der Waals surface area contributed by atoms with Crippen molar-refractivity contribution in [1.82, 2.24) is 4.98 Å². The second kappa shape index (κ2) is 5.40. The van der Waals surface area contributed by atoms with Gasteiger partial charge in [0, 0.05) is 19.9 Å². The second-order valence-electron chi connectivity index (χ2n) is 2.98. The van der Waals surface area contributed by atoms with E-state index in [0.717, 1.165) is 12.3 Å². The molecule has 0 atom stereocenters. The summed E-state index contributed by atoms with van der Waals surface area (Å²) in [4.78, 5) is 36.1. The Bertz CT molecular complexity index is 486. The Morgan fingerprint density at radius 3 is 2.12 bits per heavy atom. The summed E-state index contributed by atoms with van der Waals surface area (Å²) in [5.41, 5.74) is -0.112. The lowest BCUT2D eigenvalue weighted by molar-refractivity contribution is -0.134. The maximum absolute atomic E-state index is 10.9. The number of pyridine rings is 1. The van der Waals surface area contributed by atoms with E-state index in [4.69, 9.17) is 21.1 Å². The third-order valence-electron chi connectivity index (χ3n) is 1.54. The molecule has 1 rings (SSSR count). The molecule has 0 aliphatic heterocycles. The van der Waals surface area contributed by atoms with Gasteiger partial charge in [-0.25, -0.2) is 4.98 Å². The van der Waals surface area contributed by atoms with Gasteiger partial charge in [0.05, 0.1) is 6.20 Å². The van der Waals surface area contributed by atoms with Crippen molar-refractivity contribution in [2.24, 2.45) is 0 Å². The number of ether oxygens (including phenoxy) is 2. The van der Waals surface area contributed by atoms with Gasteiger partial charge >= 0.3 is 11.9 Å². The quantitative estimate of drug-likeness (QED) is 0.600. The van der Waals surface area contributed by atoms with Crippen LogP contribution in [-0.2, 0) is 9.59 Å². The first kappa shape index (κ1) is 13.1. The molecule has 7 heteroatoms. The topological polar surface area (TPSA) is 82.6 Å². The number of hydrogen-bond acceptors (Lipinski definition) is 6. The van der Waals surface area contributed by atoms with Crippen LogP contribution in [0.5, 0.6) is 11.5 Å². The first-order chi connectivity index (χ1) is 7.90. The molecule has 0 amide bonds. The van der Waals surface area contributed by atoms with Crippen LogP contribution in [0.3, 0.4) is 0 Å². The molecule has 0 aliphatic carbocycles. The predicted octanol–water partition coefficient (Wildman–Crippen LogP) is 1.31. The monoisotopic (exact) mass is 257 g/mol. The lowest BCUT2D eigenvalue weighted by Crippen LogP contribution is -2.08. The molecule has 0 bridgehead atoms. The van der Waals surface area contributed by atoms with Crippen molar-refractivity contribution in [1.29, 1.82) is 0 Å². The van der Waals surface area contributed by atoms with Crippen molar-refractivity contribution in [3.8, 4) is 11.5 Å². The largest absolute Gasteiger partial charge is 0.423 e. The van der Waals surface area contributed by atoms with E-state index in [9.17, 15) is 14.4 Å². The second-order valence-corrected chi connectivity index (χ2v) is 3.32. The summed E-state index contributed by atoms with van der Waals surface area (Å²) in [6.45, 7) is 2.35. The summed E-state index contributed by atoms with van der Waals surface area (Å²) in [7, 11) is 0. The SMILES string of the molecule is CC(=O)Oc1cnc(C(=O)Cl)cc1OC(C)=O. The molecular formula is C10H8ClNO5. The number of hydrogen-bond donors (Lipinski definition) is 0. The summed E-state index contributed by atoms with van der Waals surface area (Å²) in [6, 6.07) is 1.12. The molecule has 1 aromatic heterocycles. The van der Waals surface area contributed by atoms with Gasteiger partial charge in [-0.05, 0) is 11.6 Å². The number of esters is 2. The summed E-state index contributed by atoms with van der Waals surface area (Å²) in [6.07, 6.45) is 1.08. The molecule has 0 saturated heterocycles. The summed E-state index contributed by atoms with van der Waals surface area (Å²) in [5.74, 6) is -1.39. The summed E-state index contributed by atoms with van der Waals surface area (Å²) < 4.78 is 9.52. The lowest BCUT2D eigenvalue weighted by atomic mass is 10.3. The van der Waals surface area contributed by atoms with E-state index >= 15 is 0 Å². The number of carbonyl (C=O) groups is 3. The Labute approximate surface area is 101 Å². The van der Waals surface area contributed by atoms with Crippen molar-refractivity contribution < 1.29 is 23.9 Å². The fraction of sp³-hybridized carbons (Fsp3) is 0.200. The third-order valence-corrected chi connectivity index (χ3v) is 1.73. The van der Waals surface area contributed by atoms with Gasteiger partial charge in [-0.2, -0.15) is 0 Å². The average Bonchev–Trinajstić information content (AvgIpc) is 2.18. The normalized spacial score (nSPS) is 9.59. The number of carbonyl (C=O) groups excluding carboxylic acids is 3. The first-order valence-corrected chi connectivity index (χ1v) is 4.84. The molecule has 0 N–H and O–H groups in total. The molecule has 90 valence electrons. The van der Waals surface area contributed by atoms with Crippen LogP contribution in [0.15, 0.2) is 12.3 Å². The van der Waals surface area contributed by atoms with Crippen LogP contribution in [0.25, 0.3) is 0 Å². The molecule has 0 fully saturated rings. The van der Waals surface area contributed by atoms with Gasteiger partial charge in [0.1, 0.15) is 5.69 Å². The van der Waals surface area contributed by atoms with E-state index in [1.54, 1.807) is 0 Å². The van der Waals surface area contributed by atoms with E-state index in [0.29, 0.717) is 0 Å². The molecule has 1 aromatic rings. The van der Waals surface area contributed by atoms with E-state index in [1.807, 2.05) is 0 Å². The molecule has 17 heavy (non-hydrogen) atoms. The van der Waals surface area contributed by atoms with Crippen molar-refractivity contribution in [2.45, 2.75) is 13.8 Å².